The molecule has 90 valence electrons. The maximum atomic E-state index is 11.7. The van der Waals surface area contributed by atoms with Gasteiger partial charge in [0.1, 0.15) is 0 Å². The monoisotopic (exact) mass is 215 g/mol. The Morgan fingerprint density at radius 2 is 1.93 bits per heavy atom. The predicted molar refractivity (Wildman–Crippen MR) is 63.5 cm³/mol. The van der Waals surface area contributed by atoms with Gasteiger partial charge in [-0.1, -0.05) is 20.8 Å². The van der Waals surface area contributed by atoms with Gasteiger partial charge in [0.25, 0.3) is 0 Å². The average Bonchev–Trinajstić information content (AvgIpc) is 2.16. The van der Waals surface area contributed by atoms with Crippen molar-refractivity contribution in [3.05, 3.63) is 0 Å². The molecule has 15 heavy (non-hydrogen) atoms. The Morgan fingerprint density at radius 1 is 1.33 bits per heavy atom. The molecular weight excluding hydrogens is 190 g/mol. The van der Waals surface area contributed by atoms with E-state index >= 15 is 0 Å². The third-order valence-corrected chi connectivity index (χ3v) is 2.34. The quantitative estimate of drug-likeness (QED) is 0.573. The van der Waals surface area contributed by atoms with Gasteiger partial charge in [-0.25, -0.2) is 0 Å². The summed E-state index contributed by atoms with van der Waals surface area (Å²) in [6.07, 6.45) is 0.939. The molecule has 0 bridgehead atoms. The Kier molecular flexibility index (Phi) is 7.34. The second kappa shape index (κ2) is 7.65. The number of hydrogen-bond donors (Lipinski definition) is 3. The summed E-state index contributed by atoms with van der Waals surface area (Å²) in [5.74, 6) is 0.634. The molecule has 0 saturated heterocycles. The normalized spacial score (nSPS) is 15.1. The van der Waals surface area contributed by atoms with Crippen molar-refractivity contribution in [1.82, 2.24) is 10.6 Å². The number of amides is 1. The number of rotatable bonds is 7. The number of hydrogen-bond acceptors (Lipinski definition) is 3. The fourth-order valence-corrected chi connectivity index (χ4v) is 1.53. The lowest BCUT2D eigenvalue weighted by molar-refractivity contribution is -0.125. The zero-order chi connectivity index (χ0) is 11.8. The van der Waals surface area contributed by atoms with Gasteiger partial charge < -0.3 is 16.4 Å². The Labute approximate surface area is 93.0 Å². The van der Waals surface area contributed by atoms with Crippen molar-refractivity contribution < 1.29 is 4.79 Å². The fourth-order valence-electron chi connectivity index (χ4n) is 1.53. The van der Waals surface area contributed by atoms with E-state index < -0.39 is 0 Å². The smallest absolute Gasteiger partial charge is 0.224 e. The molecule has 0 aliphatic carbocycles. The lowest BCUT2D eigenvalue weighted by Gasteiger charge is -2.21. The summed E-state index contributed by atoms with van der Waals surface area (Å²) in [7, 11) is 1.85. The molecule has 0 aromatic carbocycles. The van der Waals surface area contributed by atoms with Crippen LogP contribution in [0.5, 0.6) is 0 Å². The molecule has 0 rings (SSSR count). The van der Waals surface area contributed by atoms with Crippen LogP contribution in [0.1, 0.15) is 27.2 Å². The van der Waals surface area contributed by atoms with Crippen LogP contribution in [0, 0.1) is 11.8 Å². The molecule has 0 spiro atoms. The molecule has 0 radical (unpaired) electrons. The average molecular weight is 215 g/mol. The van der Waals surface area contributed by atoms with Crippen molar-refractivity contribution in [1.29, 1.82) is 0 Å². The fraction of sp³-hybridized carbons (Fsp3) is 0.909. The molecule has 0 saturated carbocycles. The van der Waals surface area contributed by atoms with Crippen LogP contribution in [0.25, 0.3) is 0 Å². The van der Waals surface area contributed by atoms with E-state index in [4.69, 9.17) is 5.73 Å². The van der Waals surface area contributed by atoms with Crippen molar-refractivity contribution in [2.45, 2.75) is 33.2 Å². The minimum absolute atomic E-state index is 0.00351. The van der Waals surface area contributed by atoms with Crippen LogP contribution in [0.3, 0.4) is 0 Å². The maximum Gasteiger partial charge on any atom is 0.224 e. The summed E-state index contributed by atoms with van der Waals surface area (Å²) >= 11 is 0. The topological polar surface area (TPSA) is 67.2 Å². The van der Waals surface area contributed by atoms with Crippen LogP contribution in [-0.2, 0) is 4.79 Å². The molecule has 1 amide bonds. The lowest BCUT2D eigenvalue weighted by Crippen LogP contribution is -2.44. The zero-order valence-corrected chi connectivity index (χ0v) is 10.3. The molecule has 0 heterocycles. The van der Waals surface area contributed by atoms with Crippen LogP contribution in [0.4, 0.5) is 0 Å². The number of nitrogens with one attached hydrogen (secondary N) is 2. The van der Waals surface area contributed by atoms with E-state index in [1.54, 1.807) is 0 Å². The first kappa shape index (κ1) is 14.4. The van der Waals surface area contributed by atoms with E-state index in [9.17, 15) is 4.79 Å². The highest BCUT2D eigenvalue weighted by Crippen LogP contribution is 2.04. The summed E-state index contributed by atoms with van der Waals surface area (Å²) in [4.78, 5) is 11.7. The van der Waals surface area contributed by atoms with Crippen LogP contribution < -0.4 is 16.4 Å². The van der Waals surface area contributed by atoms with Crippen LogP contribution >= 0.6 is 0 Å². The molecule has 0 aromatic heterocycles. The van der Waals surface area contributed by atoms with Crippen LogP contribution in [0.2, 0.25) is 0 Å². The van der Waals surface area contributed by atoms with Gasteiger partial charge in [0.05, 0.1) is 0 Å². The van der Waals surface area contributed by atoms with E-state index in [-0.39, 0.29) is 17.9 Å². The van der Waals surface area contributed by atoms with Crippen molar-refractivity contribution >= 4 is 5.91 Å². The molecule has 0 fully saturated rings. The van der Waals surface area contributed by atoms with E-state index in [0.29, 0.717) is 19.0 Å². The summed E-state index contributed by atoms with van der Waals surface area (Å²) in [6.45, 7) is 7.38. The first-order valence-electron chi connectivity index (χ1n) is 5.66. The van der Waals surface area contributed by atoms with Gasteiger partial charge in [0.2, 0.25) is 5.91 Å². The molecule has 0 aliphatic rings. The highest BCUT2D eigenvalue weighted by atomic mass is 16.1. The predicted octanol–water partition coefficient (Wildman–Crippen LogP) is 0.332. The molecule has 0 aliphatic heterocycles. The van der Waals surface area contributed by atoms with Crippen LogP contribution in [-0.4, -0.2) is 32.1 Å². The first-order chi connectivity index (χ1) is 7.01. The van der Waals surface area contributed by atoms with E-state index in [0.717, 1.165) is 6.42 Å². The highest BCUT2D eigenvalue weighted by Gasteiger charge is 2.16. The van der Waals surface area contributed by atoms with E-state index in [1.165, 1.54) is 0 Å². The van der Waals surface area contributed by atoms with Crippen LogP contribution in [0.15, 0.2) is 0 Å². The molecule has 0 aromatic rings. The van der Waals surface area contributed by atoms with Crippen molar-refractivity contribution in [2.75, 3.05) is 20.1 Å². The molecule has 4 heteroatoms. The number of carbonyl (C=O) groups excluding carboxylic acids is 1. The third-order valence-electron chi connectivity index (χ3n) is 2.34. The second-order valence-corrected chi connectivity index (χ2v) is 4.53. The first-order valence-corrected chi connectivity index (χ1v) is 5.66. The van der Waals surface area contributed by atoms with Gasteiger partial charge in [-0.15, -0.1) is 0 Å². The molecule has 4 nitrogen and oxygen atoms in total. The molecule has 4 N–H and O–H groups in total. The minimum Gasteiger partial charge on any atom is -0.352 e. The Bertz CT molecular complexity index is 183. The summed E-state index contributed by atoms with van der Waals surface area (Å²) in [5, 5.41) is 5.97. The Hall–Kier alpha value is -0.610. The standard InChI is InChI=1S/C11H25N3O/c1-8(2)5-10(6-12)14-11(15)9(3)7-13-4/h8-10,13H,5-7,12H2,1-4H3,(H,14,15). The van der Waals surface area contributed by atoms with Crippen molar-refractivity contribution in [3.8, 4) is 0 Å². The highest BCUT2D eigenvalue weighted by molar-refractivity contribution is 5.78. The van der Waals surface area contributed by atoms with Crippen molar-refractivity contribution in [2.24, 2.45) is 17.6 Å². The van der Waals surface area contributed by atoms with E-state index in [2.05, 4.69) is 24.5 Å². The largest absolute Gasteiger partial charge is 0.352 e. The Morgan fingerprint density at radius 3 is 2.33 bits per heavy atom. The summed E-state index contributed by atoms with van der Waals surface area (Å²) in [5.41, 5.74) is 5.61. The summed E-state index contributed by atoms with van der Waals surface area (Å²) in [6, 6.07) is 0.108. The maximum absolute atomic E-state index is 11.7. The second-order valence-electron chi connectivity index (χ2n) is 4.53. The van der Waals surface area contributed by atoms with Gasteiger partial charge in [0, 0.05) is 25.0 Å². The minimum atomic E-state index is -0.00351. The van der Waals surface area contributed by atoms with Gasteiger partial charge in [0.15, 0.2) is 0 Å². The number of carbonyl (C=O) groups is 1. The molecular formula is C11H25N3O. The Balaban J connectivity index is 4.00. The third kappa shape index (κ3) is 6.47. The van der Waals surface area contributed by atoms with Gasteiger partial charge >= 0.3 is 0 Å². The van der Waals surface area contributed by atoms with Gasteiger partial charge in [-0.3, -0.25) is 4.79 Å². The SMILES string of the molecule is CNCC(C)C(=O)NC(CN)CC(C)C. The zero-order valence-electron chi connectivity index (χ0n) is 10.3. The van der Waals surface area contributed by atoms with Gasteiger partial charge in [-0.2, -0.15) is 0 Å². The number of nitrogens with two attached hydrogens (primary N) is 1. The van der Waals surface area contributed by atoms with Gasteiger partial charge in [-0.05, 0) is 19.4 Å². The molecule has 2 atom stereocenters. The molecule has 2 unspecified atom stereocenters. The summed E-state index contributed by atoms with van der Waals surface area (Å²) < 4.78 is 0. The lowest BCUT2D eigenvalue weighted by atomic mass is 10.0. The van der Waals surface area contributed by atoms with Crippen molar-refractivity contribution in [3.63, 3.8) is 0 Å². The van der Waals surface area contributed by atoms with E-state index in [1.807, 2.05) is 14.0 Å².